The van der Waals surface area contributed by atoms with E-state index in [1.54, 1.807) is 0 Å². The Morgan fingerprint density at radius 3 is 1.47 bits per heavy atom. The van der Waals surface area contributed by atoms with Crippen molar-refractivity contribution in [3.8, 4) is 0 Å². The molecule has 0 aromatic heterocycles. The smallest absolute Gasteiger partial charge is 0.195 e. The summed E-state index contributed by atoms with van der Waals surface area (Å²) in [4.78, 5) is 0. The average molecular weight is 462 g/mol. The number of hydrogen-bond donors (Lipinski definition) is 0. The van der Waals surface area contributed by atoms with Crippen molar-refractivity contribution < 1.29 is 57.1 Å². The molecule has 0 heterocycles. The highest BCUT2D eigenvalue weighted by Gasteiger charge is 2.90. The first kappa shape index (κ1) is 25.8. The van der Waals surface area contributed by atoms with Gasteiger partial charge in [0.15, 0.2) is 0 Å². The maximum atomic E-state index is 14.0. The molecular formula is C17H11F13. The molecule has 0 radical (unpaired) electrons. The van der Waals surface area contributed by atoms with Crippen LogP contribution < -0.4 is 0 Å². The Morgan fingerprint density at radius 2 is 1.07 bits per heavy atom. The van der Waals surface area contributed by atoms with Gasteiger partial charge in [-0.05, 0) is 24.1 Å². The van der Waals surface area contributed by atoms with Crippen LogP contribution in [-0.2, 0) is 0 Å². The zero-order valence-corrected chi connectivity index (χ0v) is 14.5. The second-order valence-corrected chi connectivity index (χ2v) is 5.88. The first-order chi connectivity index (χ1) is 13.3. The van der Waals surface area contributed by atoms with E-state index in [1.165, 1.54) is 25.1 Å². The van der Waals surface area contributed by atoms with Crippen LogP contribution in [0.25, 0.3) is 5.57 Å². The minimum Gasteiger partial charge on any atom is -0.195 e. The molecule has 1 aromatic rings. The van der Waals surface area contributed by atoms with Crippen molar-refractivity contribution in [3.05, 3.63) is 54.1 Å². The molecule has 0 N–H and O–H groups in total. The predicted molar refractivity (Wildman–Crippen MR) is 80.0 cm³/mol. The minimum atomic E-state index is -7.91. The Hall–Kier alpha value is -2.21. The molecule has 0 nitrogen and oxygen atoms in total. The van der Waals surface area contributed by atoms with E-state index in [0.717, 1.165) is 18.2 Å². The number of allylic oxidation sites excluding steroid dienone is 4. The molecule has 0 bridgehead atoms. The number of alkyl halides is 13. The largest absolute Gasteiger partial charge is 0.460 e. The van der Waals surface area contributed by atoms with Gasteiger partial charge in [-0.3, -0.25) is 0 Å². The molecule has 1 aromatic carbocycles. The Bertz CT molecular complexity index is 786. The highest BCUT2D eigenvalue weighted by atomic mass is 19.4. The lowest BCUT2D eigenvalue weighted by Crippen LogP contribution is -2.69. The molecule has 0 atom stereocenters. The van der Waals surface area contributed by atoms with Crippen LogP contribution in [0, 0.1) is 0 Å². The van der Waals surface area contributed by atoms with E-state index in [9.17, 15) is 57.1 Å². The van der Waals surface area contributed by atoms with Gasteiger partial charge in [-0.15, -0.1) is 0 Å². The van der Waals surface area contributed by atoms with Crippen molar-refractivity contribution in [1.82, 2.24) is 0 Å². The summed E-state index contributed by atoms with van der Waals surface area (Å²) in [6.45, 7) is 1.18. The molecular weight excluding hydrogens is 451 g/mol. The third kappa shape index (κ3) is 4.02. The Labute approximate surface area is 160 Å². The van der Waals surface area contributed by atoms with Gasteiger partial charge in [0.05, 0.1) is 0 Å². The van der Waals surface area contributed by atoms with E-state index < -0.39 is 47.4 Å². The third-order valence-corrected chi connectivity index (χ3v) is 3.75. The molecule has 0 amide bonds. The SMILES string of the molecule is C/C=C\C(=C/C(F)(F)C(F)(F)C(F)(F)C(F)(F)C(F)(F)C(F)(F)F)c1ccccc1. The van der Waals surface area contributed by atoms with Gasteiger partial charge in [-0.1, -0.05) is 42.5 Å². The molecule has 13 heteroatoms. The number of rotatable bonds is 7. The zero-order chi connectivity index (χ0) is 23.8. The third-order valence-electron chi connectivity index (χ3n) is 3.75. The summed E-state index contributed by atoms with van der Waals surface area (Å²) in [6, 6.07) is 5.82. The molecule has 30 heavy (non-hydrogen) atoms. The van der Waals surface area contributed by atoms with Gasteiger partial charge in [-0.25, -0.2) is 0 Å². The monoisotopic (exact) mass is 462 g/mol. The van der Waals surface area contributed by atoms with E-state index in [-0.39, 0.29) is 5.56 Å². The molecule has 0 saturated carbocycles. The van der Waals surface area contributed by atoms with E-state index in [4.69, 9.17) is 0 Å². The standard InChI is InChI=1S/C17H11F13/c1-2-6-11(10-7-4-3-5-8-10)9-12(18,19)13(20,21)14(22,23)15(24,25)16(26,27)17(28,29)30/h2-9H,1H3/b6-2-,11-9+. The van der Waals surface area contributed by atoms with Crippen molar-refractivity contribution in [2.75, 3.05) is 0 Å². The average Bonchev–Trinajstić information content (AvgIpc) is 2.60. The maximum absolute atomic E-state index is 14.0. The van der Waals surface area contributed by atoms with Crippen molar-refractivity contribution in [1.29, 1.82) is 0 Å². The van der Waals surface area contributed by atoms with E-state index in [0.29, 0.717) is 6.08 Å². The van der Waals surface area contributed by atoms with Crippen LogP contribution in [0.2, 0.25) is 0 Å². The molecule has 0 fully saturated rings. The van der Waals surface area contributed by atoms with E-state index in [1.807, 2.05) is 0 Å². The Kier molecular flexibility index (Phi) is 6.72. The first-order valence-electron chi connectivity index (χ1n) is 7.64. The summed E-state index contributed by atoms with van der Waals surface area (Å²) >= 11 is 0. The van der Waals surface area contributed by atoms with Gasteiger partial charge in [0.2, 0.25) is 0 Å². The first-order valence-corrected chi connectivity index (χ1v) is 7.64. The van der Waals surface area contributed by atoms with Crippen LogP contribution in [0.15, 0.2) is 48.6 Å². The summed E-state index contributed by atoms with van der Waals surface area (Å²) in [5, 5.41) is 0. The summed E-state index contributed by atoms with van der Waals surface area (Å²) in [5.41, 5.74) is -1.20. The van der Waals surface area contributed by atoms with Crippen LogP contribution >= 0.6 is 0 Å². The lowest BCUT2D eigenvalue weighted by molar-refractivity contribution is -0.436. The number of benzene rings is 1. The molecule has 0 spiro atoms. The van der Waals surface area contributed by atoms with Gasteiger partial charge in [-0.2, -0.15) is 57.1 Å². The van der Waals surface area contributed by atoms with Crippen LogP contribution in [-0.4, -0.2) is 35.8 Å². The van der Waals surface area contributed by atoms with Crippen molar-refractivity contribution in [2.45, 2.75) is 42.7 Å². The van der Waals surface area contributed by atoms with E-state index >= 15 is 0 Å². The minimum absolute atomic E-state index is 0.290. The fourth-order valence-electron chi connectivity index (χ4n) is 2.11. The van der Waals surface area contributed by atoms with Crippen molar-refractivity contribution in [3.63, 3.8) is 0 Å². The Balaban J connectivity index is 3.62. The molecule has 0 aliphatic heterocycles. The van der Waals surface area contributed by atoms with Gasteiger partial charge >= 0.3 is 35.8 Å². The zero-order valence-electron chi connectivity index (χ0n) is 14.5. The fourth-order valence-corrected chi connectivity index (χ4v) is 2.11. The molecule has 0 unspecified atom stereocenters. The highest BCUT2D eigenvalue weighted by Crippen LogP contribution is 2.60. The summed E-state index contributed by atoms with van der Waals surface area (Å²) < 4.78 is 171. The summed E-state index contributed by atoms with van der Waals surface area (Å²) in [7, 11) is 0. The fraction of sp³-hybridized carbons (Fsp3) is 0.412. The lowest BCUT2D eigenvalue weighted by atomic mass is 9.92. The topological polar surface area (TPSA) is 0 Å². The predicted octanol–water partition coefficient (Wildman–Crippen LogP) is 7.38. The number of halogens is 13. The van der Waals surface area contributed by atoms with Gasteiger partial charge in [0.25, 0.3) is 0 Å². The molecule has 1 rings (SSSR count). The molecule has 0 saturated heterocycles. The van der Waals surface area contributed by atoms with Crippen molar-refractivity contribution >= 4 is 5.57 Å². The second-order valence-electron chi connectivity index (χ2n) is 5.88. The van der Waals surface area contributed by atoms with Gasteiger partial charge in [0, 0.05) is 0 Å². The van der Waals surface area contributed by atoms with Gasteiger partial charge in [0.1, 0.15) is 0 Å². The second kappa shape index (κ2) is 7.80. The van der Waals surface area contributed by atoms with Crippen LogP contribution in [0.3, 0.4) is 0 Å². The summed E-state index contributed by atoms with van der Waals surface area (Å²) in [6.07, 6.45) is -6.70. The van der Waals surface area contributed by atoms with Crippen LogP contribution in [0.1, 0.15) is 12.5 Å². The molecule has 0 aliphatic rings. The van der Waals surface area contributed by atoms with Crippen LogP contribution in [0.5, 0.6) is 0 Å². The molecule has 0 aliphatic carbocycles. The summed E-state index contributed by atoms with van der Waals surface area (Å²) in [5.74, 6) is -37.1. The van der Waals surface area contributed by atoms with E-state index in [2.05, 4.69) is 0 Å². The number of hydrogen-bond acceptors (Lipinski definition) is 0. The van der Waals surface area contributed by atoms with Gasteiger partial charge < -0.3 is 0 Å². The maximum Gasteiger partial charge on any atom is 0.460 e. The van der Waals surface area contributed by atoms with Crippen LogP contribution in [0.4, 0.5) is 57.1 Å². The van der Waals surface area contributed by atoms with Crippen molar-refractivity contribution in [2.24, 2.45) is 0 Å². The molecule has 170 valence electrons. The Morgan fingerprint density at radius 1 is 0.633 bits per heavy atom. The normalized spacial score (nSPS) is 15.7. The lowest BCUT2D eigenvalue weighted by Gasteiger charge is -2.39. The quantitative estimate of drug-likeness (QED) is 0.293. The highest BCUT2D eigenvalue weighted by molar-refractivity contribution is 5.74.